The fourth-order valence-corrected chi connectivity index (χ4v) is 1.42. The second-order valence-corrected chi connectivity index (χ2v) is 3.33. The number of carbonyl (C=O) groups excluding carboxylic acids is 1. The van der Waals surface area contributed by atoms with Crippen LogP contribution in [0.1, 0.15) is 28.5 Å². The number of rotatable bonds is 4. The Labute approximate surface area is 102 Å². The normalized spacial score (nSPS) is 10.9. The van der Waals surface area contributed by atoms with Crippen molar-refractivity contribution < 1.29 is 4.79 Å². The van der Waals surface area contributed by atoms with E-state index in [1.54, 1.807) is 25.4 Å². The first kappa shape index (κ1) is 12.9. The molecule has 0 aromatic carbocycles. The van der Waals surface area contributed by atoms with Crippen molar-refractivity contribution in [2.75, 3.05) is 7.05 Å². The van der Waals surface area contributed by atoms with Crippen LogP contribution in [0.2, 0.25) is 0 Å². The minimum Gasteiger partial charge on any atom is -0.355 e. The molecule has 1 amide bonds. The first-order valence-electron chi connectivity index (χ1n) is 5.37. The van der Waals surface area contributed by atoms with Gasteiger partial charge in [0.05, 0.1) is 11.3 Å². The van der Waals surface area contributed by atoms with Gasteiger partial charge in [0.15, 0.2) is 0 Å². The molecule has 3 heteroatoms. The van der Waals surface area contributed by atoms with Crippen molar-refractivity contribution in [1.29, 1.82) is 0 Å². The predicted molar refractivity (Wildman–Crippen MR) is 71.6 cm³/mol. The number of hydrogen-bond donors (Lipinski definition) is 1. The van der Waals surface area contributed by atoms with Crippen LogP contribution in [0, 0.1) is 0 Å². The van der Waals surface area contributed by atoms with Crippen molar-refractivity contribution in [2.24, 2.45) is 0 Å². The summed E-state index contributed by atoms with van der Waals surface area (Å²) in [6.45, 7) is 5.63. The lowest BCUT2D eigenvalue weighted by Gasteiger charge is -2.06. The van der Waals surface area contributed by atoms with Gasteiger partial charge in [0.1, 0.15) is 0 Å². The van der Waals surface area contributed by atoms with Crippen molar-refractivity contribution >= 4 is 18.1 Å². The fourth-order valence-electron chi connectivity index (χ4n) is 1.42. The largest absolute Gasteiger partial charge is 0.355 e. The zero-order chi connectivity index (χ0) is 12.7. The lowest BCUT2D eigenvalue weighted by molar-refractivity contribution is 0.0963. The molecule has 1 N–H and O–H groups in total. The Hall–Kier alpha value is -2.16. The molecule has 0 aliphatic heterocycles. The molecule has 3 nitrogen and oxygen atoms in total. The molecule has 88 valence electrons. The maximum atomic E-state index is 11.7. The number of pyridine rings is 1. The Morgan fingerprint density at radius 1 is 1.47 bits per heavy atom. The average molecular weight is 228 g/mol. The van der Waals surface area contributed by atoms with Crippen LogP contribution < -0.4 is 5.32 Å². The highest BCUT2D eigenvalue weighted by molar-refractivity contribution is 5.98. The molecule has 1 aromatic heterocycles. The van der Waals surface area contributed by atoms with Crippen LogP contribution >= 0.6 is 0 Å². The molecule has 0 spiro atoms. The van der Waals surface area contributed by atoms with Crippen LogP contribution in [0.4, 0.5) is 0 Å². The summed E-state index contributed by atoms with van der Waals surface area (Å²) in [5, 5.41) is 2.61. The van der Waals surface area contributed by atoms with Gasteiger partial charge in [-0.25, -0.2) is 0 Å². The molecule has 0 unspecified atom stereocenters. The summed E-state index contributed by atoms with van der Waals surface area (Å²) in [6.07, 6.45) is 10.8. The molecular formula is C14H16N2O. The number of aromatic nitrogens is 1. The highest BCUT2D eigenvalue weighted by Gasteiger charge is 2.10. The van der Waals surface area contributed by atoms with E-state index in [1.807, 2.05) is 31.2 Å². The lowest BCUT2D eigenvalue weighted by Crippen LogP contribution is -2.19. The van der Waals surface area contributed by atoms with E-state index in [9.17, 15) is 4.79 Å². The Morgan fingerprint density at radius 3 is 2.82 bits per heavy atom. The smallest absolute Gasteiger partial charge is 0.251 e. The average Bonchev–Trinajstić information content (AvgIpc) is 2.38. The van der Waals surface area contributed by atoms with Gasteiger partial charge in [-0.05, 0) is 19.1 Å². The minimum absolute atomic E-state index is 0.129. The third kappa shape index (κ3) is 3.14. The molecule has 0 saturated heterocycles. The SMILES string of the molecule is C=Cc1nccc(C(=O)NC)c1/C=C\C=C/C. The summed E-state index contributed by atoms with van der Waals surface area (Å²) < 4.78 is 0. The van der Waals surface area contributed by atoms with Gasteiger partial charge in [0, 0.05) is 18.8 Å². The van der Waals surface area contributed by atoms with Gasteiger partial charge in [0.25, 0.3) is 5.91 Å². The van der Waals surface area contributed by atoms with E-state index in [0.29, 0.717) is 11.3 Å². The molecule has 1 aromatic rings. The van der Waals surface area contributed by atoms with Gasteiger partial charge in [-0.3, -0.25) is 9.78 Å². The topological polar surface area (TPSA) is 42.0 Å². The van der Waals surface area contributed by atoms with Crippen LogP contribution in [0.3, 0.4) is 0 Å². The van der Waals surface area contributed by atoms with E-state index in [4.69, 9.17) is 0 Å². The van der Waals surface area contributed by atoms with Crippen molar-refractivity contribution in [3.63, 3.8) is 0 Å². The third-order valence-electron chi connectivity index (χ3n) is 2.25. The number of carbonyl (C=O) groups is 1. The molecular weight excluding hydrogens is 212 g/mol. The summed E-state index contributed by atoms with van der Waals surface area (Å²) in [4.78, 5) is 15.9. The molecule has 17 heavy (non-hydrogen) atoms. The summed E-state index contributed by atoms with van der Waals surface area (Å²) in [5.41, 5.74) is 2.07. The van der Waals surface area contributed by atoms with E-state index in [-0.39, 0.29) is 5.91 Å². The first-order valence-corrected chi connectivity index (χ1v) is 5.37. The van der Waals surface area contributed by atoms with Crippen LogP contribution in [0.15, 0.2) is 37.1 Å². The van der Waals surface area contributed by atoms with Crippen molar-refractivity contribution in [1.82, 2.24) is 10.3 Å². The molecule has 0 atom stereocenters. The Balaban J connectivity index is 3.29. The van der Waals surface area contributed by atoms with Gasteiger partial charge in [0.2, 0.25) is 0 Å². The molecule has 0 radical (unpaired) electrons. The maximum absolute atomic E-state index is 11.7. The van der Waals surface area contributed by atoms with Gasteiger partial charge >= 0.3 is 0 Å². The lowest BCUT2D eigenvalue weighted by atomic mass is 10.0. The molecule has 0 aliphatic carbocycles. The Bertz CT molecular complexity index is 473. The second kappa shape index (κ2) is 6.43. The zero-order valence-corrected chi connectivity index (χ0v) is 10.1. The second-order valence-electron chi connectivity index (χ2n) is 3.33. The van der Waals surface area contributed by atoms with E-state index < -0.39 is 0 Å². The number of amides is 1. The minimum atomic E-state index is -0.129. The molecule has 0 bridgehead atoms. The van der Waals surface area contributed by atoms with Crippen molar-refractivity contribution in [3.8, 4) is 0 Å². The van der Waals surface area contributed by atoms with E-state index in [1.165, 1.54) is 0 Å². The summed E-state index contributed by atoms with van der Waals surface area (Å²) >= 11 is 0. The molecule has 0 aliphatic rings. The van der Waals surface area contributed by atoms with Crippen LogP contribution in [-0.2, 0) is 0 Å². The Morgan fingerprint density at radius 2 is 2.24 bits per heavy atom. The standard InChI is InChI=1S/C14H16N2O/c1-4-6-7-8-11-12(14(17)15-3)9-10-16-13(11)5-2/h4-10H,2H2,1,3H3,(H,15,17)/b6-4-,8-7-. The predicted octanol–water partition coefficient (Wildman–Crippen LogP) is 2.67. The molecule has 0 saturated carbocycles. The van der Waals surface area contributed by atoms with Gasteiger partial charge in [-0.15, -0.1) is 0 Å². The number of allylic oxidation sites excluding steroid dienone is 3. The zero-order valence-electron chi connectivity index (χ0n) is 10.1. The van der Waals surface area contributed by atoms with E-state index in [0.717, 1.165) is 5.56 Å². The van der Waals surface area contributed by atoms with Crippen molar-refractivity contribution in [3.05, 3.63) is 53.9 Å². The third-order valence-corrected chi connectivity index (χ3v) is 2.25. The molecule has 1 rings (SSSR count). The van der Waals surface area contributed by atoms with E-state index >= 15 is 0 Å². The Kier molecular flexibility index (Phi) is 4.88. The van der Waals surface area contributed by atoms with Crippen LogP contribution in [0.25, 0.3) is 12.2 Å². The fraction of sp³-hybridized carbons (Fsp3) is 0.143. The number of hydrogen-bond acceptors (Lipinski definition) is 2. The van der Waals surface area contributed by atoms with Gasteiger partial charge in [-0.2, -0.15) is 0 Å². The molecule has 1 heterocycles. The summed E-state index contributed by atoms with van der Waals surface area (Å²) in [6, 6.07) is 1.70. The highest BCUT2D eigenvalue weighted by atomic mass is 16.1. The van der Waals surface area contributed by atoms with Crippen molar-refractivity contribution in [2.45, 2.75) is 6.92 Å². The highest BCUT2D eigenvalue weighted by Crippen LogP contribution is 2.15. The first-order chi connectivity index (χ1) is 8.24. The maximum Gasteiger partial charge on any atom is 0.251 e. The number of nitrogens with zero attached hydrogens (tertiary/aromatic N) is 1. The van der Waals surface area contributed by atoms with Crippen LogP contribution in [0.5, 0.6) is 0 Å². The van der Waals surface area contributed by atoms with E-state index in [2.05, 4.69) is 16.9 Å². The monoisotopic (exact) mass is 228 g/mol. The summed E-state index contributed by atoms with van der Waals surface area (Å²) in [5.74, 6) is -0.129. The van der Waals surface area contributed by atoms with Crippen LogP contribution in [-0.4, -0.2) is 17.9 Å². The quantitative estimate of drug-likeness (QED) is 0.805. The summed E-state index contributed by atoms with van der Waals surface area (Å²) in [7, 11) is 1.61. The van der Waals surface area contributed by atoms with Gasteiger partial charge < -0.3 is 5.32 Å². The molecule has 0 fully saturated rings. The number of nitrogens with one attached hydrogen (secondary N) is 1. The van der Waals surface area contributed by atoms with Gasteiger partial charge in [-0.1, -0.05) is 30.9 Å².